The van der Waals surface area contributed by atoms with Gasteiger partial charge in [0.25, 0.3) is 6.47 Å². The lowest BCUT2D eigenvalue weighted by Gasteiger charge is -2.25. The first-order valence-corrected chi connectivity index (χ1v) is 6.08. The molecule has 0 saturated heterocycles. The Balaban J connectivity index is 0.000000317. The van der Waals surface area contributed by atoms with E-state index in [1.54, 1.807) is 0 Å². The maximum atomic E-state index is 8.95. The number of carbonyl (C=O) groups is 1. The van der Waals surface area contributed by atoms with Crippen molar-refractivity contribution in [3.63, 3.8) is 0 Å². The fraction of sp³-hybridized carbons (Fsp3) is 0.500. The van der Waals surface area contributed by atoms with E-state index in [1.165, 1.54) is 38.5 Å². The maximum absolute atomic E-state index is 8.95. The molecule has 1 aromatic carbocycles. The number of hydrogen-bond acceptors (Lipinski definition) is 3. The van der Waals surface area contributed by atoms with E-state index in [0.29, 0.717) is 6.47 Å². The highest BCUT2D eigenvalue weighted by Crippen LogP contribution is 2.25. The standard InChI is InChI=1S/C12H17N.C2H4O2/c1-2-5-11(6-3-1)9-13-10-12-7-4-8-12;1-4-2-3/h1-3,5-6,12-13H,4,7-10H2;2H,1H3. The van der Waals surface area contributed by atoms with Crippen molar-refractivity contribution in [2.24, 2.45) is 5.92 Å². The van der Waals surface area contributed by atoms with E-state index < -0.39 is 0 Å². The molecule has 17 heavy (non-hydrogen) atoms. The summed E-state index contributed by atoms with van der Waals surface area (Å²) in [7, 11) is 1.31. The summed E-state index contributed by atoms with van der Waals surface area (Å²) in [6, 6.07) is 10.6. The lowest BCUT2D eigenvalue weighted by atomic mass is 9.85. The van der Waals surface area contributed by atoms with Gasteiger partial charge in [-0.15, -0.1) is 0 Å². The molecule has 0 spiro atoms. The van der Waals surface area contributed by atoms with Gasteiger partial charge in [0.2, 0.25) is 0 Å². The largest absolute Gasteiger partial charge is 0.471 e. The molecule has 1 fully saturated rings. The quantitative estimate of drug-likeness (QED) is 0.796. The molecule has 3 heteroatoms. The molecular weight excluding hydrogens is 214 g/mol. The van der Waals surface area contributed by atoms with Crippen LogP contribution >= 0.6 is 0 Å². The van der Waals surface area contributed by atoms with Crippen LogP contribution in [0.3, 0.4) is 0 Å². The summed E-state index contributed by atoms with van der Waals surface area (Å²) in [6.45, 7) is 2.60. The Hall–Kier alpha value is -1.35. The van der Waals surface area contributed by atoms with E-state index in [1.807, 2.05) is 0 Å². The molecule has 0 aromatic heterocycles. The van der Waals surface area contributed by atoms with Crippen molar-refractivity contribution in [1.82, 2.24) is 5.32 Å². The van der Waals surface area contributed by atoms with Gasteiger partial charge in [0, 0.05) is 6.54 Å². The molecule has 1 aliphatic rings. The number of nitrogens with one attached hydrogen (secondary N) is 1. The maximum Gasteiger partial charge on any atom is 0.292 e. The molecular formula is C14H21NO2. The Morgan fingerprint density at radius 2 is 2.00 bits per heavy atom. The SMILES string of the molecule is COC=O.c1ccc(CNCC2CCC2)cc1. The zero-order chi connectivity index (χ0) is 12.3. The molecule has 94 valence electrons. The highest BCUT2D eigenvalue weighted by molar-refractivity contribution is 5.36. The molecule has 0 heterocycles. The fourth-order valence-corrected chi connectivity index (χ4v) is 1.71. The highest BCUT2D eigenvalue weighted by Gasteiger charge is 2.15. The second-order valence-corrected chi connectivity index (χ2v) is 4.25. The monoisotopic (exact) mass is 235 g/mol. The van der Waals surface area contributed by atoms with Crippen LogP contribution in [0.25, 0.3) is 0 Å². The topological polar surface area (TPSA) is 38.3 Å². The third kappa shape index (κ3) is 6.07. The highest BCUT2D eigenvalue weighted by atomic mass is 16.5. The Morgan fingerprint density at radius 3 is 2.47 bits per heavy atom. The van der Waals surface area contributed by atoms with Gasteiger partial charge < -0.3 is 10.1 Å². The van der Waals surface area contributed by atoms with Crippen molar-refractivity contribution in [1.29, 1.82) is 0 Å². The van der Waals surface area contributed by atoms with Crippen LogP contribution in [0.2, 0.25) is 0 Å². The second kappa shape index (κ2) is 8.76. The summed E-state index contributed by atoms with van der Waals surface area (Å²) >= 11 is 0. The molecule has 0 unspecified atom stereocenters. The summed E-state index contributed by atoms with van der Waals surface area (Å²) in [5.74, 6) is 0.962. The number of rotatable bonds is 5. The molecule has 1 aromatic rings. The zero-order valence-electron chi connectivity index (χ0n) is 10.4. The van der Waals surface area contributed by atoms with Crippen LogP contribution in [-0.4, -0.2) is 20.1 Å². The van der Waals surface area contributed by atoms with E-state index in [0.717, 1.165) is 12.5 Å². The minimum atomic E-state index is 0.375. The molecule has 1 saturated carbocycles. The summed E-state index contributed by atoms with van der Waals surface area (Å²) in [5, 5.41) is 3.50. The van der Waals surface area contributed by atoms with Crippen LogP contribution in [0.4, 0.5) is 0 Å². The van der Waals surface area contributed by atoms with Crippen LogP contribution in [0.5, 0.6) is 0 Å². The predicted octanol–water partition coefficient (Wildman–Crippen LogP) is 2.37. The molecule has 1 aliphatic carbocycles. The minimum Gasteiger partial charge on any atom is -0.471 e. The first kappa shape index (κ1) is 13.7. The number of methoxy groups -OCH3 is 1. The molecule has 0 aliphatic heterocycles. The predicted molar refractivity (Wildman–Crippen MR) is 68.6 cm³/mol. The number of benzene rings is 1. The average Bonchev–Trinajstić information content (AvgIpc) is 2.34. The Kier molecular flexibility index (Phi) is 7.07. The summed E-state index contributed by atoms with van der Waals surface area (Å²) < 4.78 is 3.86. The third-order valence-electron chi connectivity index (χ3n) is 2.93. The second-order valence-electron chi connectivity index (χ2n) is 4.25. The fourth-order valence-electron chi connectivity index (χ4n) is 1.71. The van der Waals surface area contributed by atoms with Gasteiger partial charge in [0.1, 0.15) is 0 Å². The van der Waals surface area contributed by atoms with Gasteiger partial charge in [-0.25, -0.2) is 0 Å². The Bertz CT molecular complexity index is 296. The van der Waals surface area contributed by atoms with Crippen LogP contribution in [0.15, 0.2) is 30.3 Å². The molecule has 1 N–H and O–H groups in total. The van der Waals surface area contributed by atoms with Gasteiger partial charge in [-0.3, -0.25) is 4.79 Å². The third-order valence-corrected chi connectivity index (χ3v) is 2.93. The van der Waals surface area contributed by atoms with Crippen molar-refractivity contribution in [3.8, 4) is 0 Å². The van der Waals surface area contributed by atoms with E-state index in [2.05, 4.69) is 40.4 Å². The van der Waals surface area contributed by atoms with E-state index >= 15 is 0 Å². The Labute approximate surface area is 103 Å². The van der Waals surface area contributed by atoms with Crippen molar-refractivity contribution < 1.29 is 9.53 Å². The van der Waals surface area contributed by atoms with Gasteiger partial charge in [-0.2, -0.15) is 0 Å². The molecule has 0 bridgehead atoms. The Morgan fingerprint density at radius 1 is 1.35 bits per heavy atom. The van der Waals surface area contributed by atoms with Crippen LogP contribution in [-0.2, 0) is 16.1 Å². The normalized spacial score (nSPS) is 14.2. The van der Waals surface area contributed by atoms with Crippen LogP contribution in [0.1, 0.15) is 24.8 Å². The van der Waals surface area contributed by atoms with Crippen molar-refractivity contribution in [2.45, 2.75) is 25.8 Å². The first-order valence-electron chi connectivity index (χ1n) is 6.08. The van der Waals surface area contributed by atoms with Gasteiger partial charge in [0.05, 0.1) is 7.11 Å². The lowest BCUT2D eigenvalue weighted by molar-refractivity contribution is -0.126. The van der Waals surface area contributed by atoms with Gasteiger partial charge >= 0.3 is 0 Å². The minimum absolute atomic E-state index is 0.375. The lowest BCUT2D eigenvalue weighted by Crippen LogP contribution is -2.26. The van der Waals surface area contributed by atoms with Crippen LogP contribution < -0.4 is 5.32 Å². The molecule has 0 atom stereocenters. The zero-order valence-corrected chi connectivity index (χ0v) is 10.4. The van der Waals surface area contributed by atoms with Gasteiger partial charge in [-0.1, -0.05) is 36.8 Å². The van der Waals surface area contributed by atoms with Crippen molar-refractivity contribution >= 4 is 6.47 Å². The molecule has 0 radical (unpaired) electrons. The van der Waals surface area contributed by atoms with E-state index in [4.69, 9.17) is 4.79 Å². The smallest absolute Gasteiger partial charge is 0.292 e. The van der Waals surface area contributed by atoms with Gasteiger partial charge in [-0.05, 0) is 30.9 Å². The van der Waals surface area contributed by atoms with Crippen molar-refractivity contribution in [2.75, 3.05) is 13.7 Å². The molecule has 3 nitrogen and oxygen atoms in total. The summed E-state index contributed by atoms with van der Waals surface area (Å²) in [5.41, 5.74) is 1.39. The van der Waals surface area contributed by atoms with E-state index in [-0.39, 0.29) is 0 Å². The number of hydrogen-bond donors (Lipinski definition) is 1. The van der Waals surface area contributed by atoms with Gasteiger partial charge in [0.15, 0.2) is 0 Å². The summed E-state index contributed by atoms with van der Waals surface area (Å²) in [6.07, 6.45) is 4.31. The van der Waals surface area contributed by atoms with E-state index in [9.17, 15) is 0 Å². The number of carbonyl (C=O) groups excluding carboxylic acids is 1. The molecule has 0 amide bonds. The number of ether oxygens (including phenoxy) is 1. The average molecular weight is 235 g/mol. The summed E-state index contributed by atoms with van der Waals surface area (Å²) in [4.78, 5) is 8.95. The molecule has 2 rings (SSSR count). The van der Waals surface area contributed by atoms with Crippen LogP contribution in [0, 0.1) is 5.92 Å². The van der Waals surface area contributed by atoms with Crippen molar-refractivity contribution in [3.05, 3.63) is 35.9 Å². The first-order chi connectivity index (χ1) is 8.36.